The number of aromatic nitrogens is 1. The van der Waals surface area contributed by atoms with Gasteiger partial charge in [0, 0.05) is 30.2 Å². The van der Waals surface area contributed by atoms with Gasteiger partial charge in [-0.2, -0.15) is 5.10 Å². The smallest absolute Gasteiger partial charge is 0.273 e. The molecule has 1 amide bonds. The Hall–Kier alpha value is -3.60. The second-order valence-electron chi connectivity index (χ2n) is 9.17. The number of hydrazone groups is 1. The highest BCUT2D eigenvalue weighted by Gasteiger charge is 2.31. The molecule has 1 aliphatic heterocycles. The summed E-state index contributed by atoms with van der Waals surface area (Å²) in [6, 6.07) is 15.8. The third-order valence-electron chi connectivity index (χ3n) is 6.21. The number of carbonyl (C=O) groups excluding carboxylic acids is 1. The van der Waals surface area contributed by atoms with Crippen molar-refractivity contribution in [1.29, 1.82) is 0 Å². The molecule has 5 nitrogen and oxygen atoms in total. The standard InChI is InChI=1S/C28H32N4O/c1-6-13-32-26-16-20(2)22(17-24(26)21(3)18-28(32,4)5)19-29-30-27(33)23-11-7-8-12-25(23)31-14-9-10-15-31/h7-12,14-19H,6,13H2,1-5H3,(H,30,33)/b29-19-. The highest BCUT2D eigenvalue weighted by molar-refractivity contribution is 5.98. The highest BCUT2D eigenvalue weighted by Crippen LogP contribution is 2.40. The second-order valence-corrected chi connectivity index (χ2v) is 9.17. The fraction of sp³-hybridized carbons (Fsp3) is 0.286. The van der Waals surface area contributed by atoms with Crippen molar-refractivity contribution in [2.45, 2.75) is 46.6 Å². The van der Waals surface area contributed by atoms with Crippen LogP contribution in [0.2, 0.25) is 0 Å². The Morgan fingerprint density at radius 1 is 1.06 bits per heavy atom. The van der Waals surface area contributed by atoms with Crippen LogP contribution in [0.4, 0.5) is 5.69 Å². The Morgan fingerprint density at radius 3 is 2.52 bits per heavy atom. The first-order valence-electron chi connectivity index (χ1n) is 11.5. The number of rotatable bonds is 6. The van der Waals surface area contributed by atoms with Crippen LogP contribution in [-0.4, -0.2) is 28.8 Å². The van der Waals surface area contributed by atoms with E-state index in [1.807, 2.05) is 53.4 Å². The number of nitrogens with zero attached hydrogens (tertiary/aromatic N) is 3. The molecule has 33 heavy (non-hydrogen) atoms. The maximum Gasteiger partial charge on any atom is 0.273 e. The highest BCUT2D eigenvalue weighted by atomic mass is 16.2. The van der Waals surface area contributed by atoms with Crippen LogP contribution >= 0.6 is 0 Å². The summed E-state index contributed by atoms with van der Waals surface area (Å²) in [6.45, 7) is 12.0. The molecule has 2 heterocycles. The summed E-state index contributed by atoms with van der Waals surface area (Å²) in [5.74, 6) is -0.238. The molecule has 3 aromatic rings. The zero-order valence-electron chi connectivity index (χ0n) is 20.1. The molecule has 0 atom stereocenters. The van der Waals surface area contributed by atoms with Gasteiger partial charge in [-0.25, -0.2) is 5.43 Å². The zero-order valence-corrected chi connectivity index (χ0v) is 20.1. The number of hydrogen-bond donors (Lipinski definition) is 1. The Labute approximate surface area is 196 Å². The van der Waals surface area contributed by atoms with Gasteiger partial charge < -0.3 is 9.47 Å². The molecule has 2 aromatic carbocycles. The topological polar surface area (TPSA) is 49.6 Å². The molecule has 0 fully saturated rings. The molecule has 0 unspecified atom stereocenters. The van der Waals surface area contributed by atoms with Crippen LogP contribution in [0.1, 0.15) is 61.2 Å². The van der Waals surface area contributed by atoms with Gasteiger partial charge in [0.2, 0.25) is 0 Å². The van der Waals surface area contributed by atoms with Crippen LogP contribution in [0.3, 0.4) is 0 Å². The van der Waals surface area contributed by atoms with Crippen molar-refractivity contribution in [1.82, 2.24) is 9.99 Å². The molecule has 0 radical (unpaired) electrons. The van der Waals surface area contributed by atoms with E-state index in [0.29, 0.717) is 5.56 Å². The van der Waals surface area contributed by atoms with Crippen molar-refractivity contribution in [3.05, 3.63) is 89.3 Å². The van der Waals surface area contributed by atoms with Crippen molar-refractivity contribution in [3.8, 4) is 5.69 Å². The maximum atomic E-state index is 12.9. The van der Waals surface area contributed by atoms with Gasteiger partial charge in [-0.3, -0.25) is 4.79 Å². The van der Waals surface area contributed by atoms with Crippen LogP contribution in [-0.2, 0) is 0 Å². The van der Waals surface area contributed by atoms with E-state index in [1.165, 1.54) is 16.8 Å². The summed E-state index contributed by atoms with van der Waals surface area (Å²) in [7, 11) is 0. The monoisotopic (exact) mass is 440 g/mol. The molecule has 1 aromatic heterocycles. The number of carbonyl (C=O) groups is 1. The number of allylic oxidation sites excluding steroid dienone is 1. The molecule has 0 aliphatic carbocycles. The van der Waals surface area contributed by atoms with E-state index in [-0.39, 0.29) is 11.4 Å². The molecule has 0 saturated carbocycles. The summed E-state index contributed by atoms with van der Waals surface area (Å²) < 4.78 is 1.92. The Bertz CT molecular complexity index is 1220. The van der Waals surface area contributed by atoms with Gasteiger partial charge in [0.1, 0.15) is 0 Å². The van der Waals surface area contributed by atoms with E-state index in [1.54, 1.807) is 6.21 Å². The second kappa shape index (κ2) is 9.10. The van der Waals surface area contributed by atoms with E-state index in [9.17, 15) is 4.79 Å². The predicted octanol–water partition coefficient (Wildman–Crippen LogP) is 5.96. The van der Waals surface area contributed by atoms with Gasteiger partial charge in [-0.1, -0.05) is 25.1 Å². The number of aryl methyl sites for hydroxylation is 1. The first kappa shape index (κ1) is 22.6. The largest absolute Gasteiger partial charge is 0.362 e. The van der Waals surface area contributed by atoms with Crippen molar-refractivity contribution in [2.24, 2.45) is 5.10 Å². The lowest BCUT2D eigenvalue weighted by Crippen LogP contribution is -2.45. The minimum atomic E-state index is -0.238. The maximum absolute atomic E-state index is 12.9. The number of benzene rings is 2. The van der Waals surface area contributed by atoms with E-state index in [2.05, 4.69) is 68.3 Å². The number of amides is 1. The van der Waals surface area contributed by atoms with Gasteiger partial charge in [-0.05, 0) is 87.2 Å². The minimum Gasteiger partial charge on any atom is -0.362 e. The molecule has 4 rings (SSSR count). The molecule has 0 bridgehead atoms. The number of hydrogen-bond acceptors (Lipinski definition) is 3. The van der Waals surface area contributed by atoms with Crippen molar-refractivity contribution >= 4 is 23.4 Å². The number of nitrogens with one attached hydrogen (secondary N) is 1. The summed E-state index contributed by atoms with van der Waals surface area (Å²) in [5, 5.41) is 4.29. The molecule has 0 spiro atoms. The summed E-state index contributed by atoms with van der Waals surface area (Å²) in [6.07, 6.45) is 9.01. The fourth-order valence-electron chi connectivity index (χ4n) is 4.62. The Balaban J connectivity index is 1.58. The third-order valence-corrected chi connectivity index (χ3v) is 6.21. The summed E-state index contributed by atoms with van der Waals surface area (Å²) in [4.78, 5) is 15.3. The zero-order chi connectivity index (χ0) is 23.6. The van der Waals surface area contributed by atoms with Crippen molar-refractivity contribution < 1.29 is 4.79 Å². The Kier molecular flexibility index (Phi) is 6.23. The molecular weight excluding hydrogens is 408 g/mol. The van der Waals surface area contributed by atoms with Gasteiger partial charge in [0.25, 0.3) is 5.91 Å². The van der Waals surface area contributed by atoms with Crippen molar-refractivity contribution in [2.75, 3.05) is 11.4 Å². The van der Waals surface area contributed by atoms with Crippen LogP contribution in [0.25, 0.3) is 11.3 Å². The first-order valence-corrected chi connectivity index (χ1v) is 11.5. The predicted molar refractivity (Wildman–Crippen MR) is 137 cm³/mol. The average molecular weight is 441 g/mol. The van der Waals surface area contributed by atoms with Gasteiger partial charge >= 0.3 is 0 Å². The van der Waals surface area contributed by atoms with Crippen molar-refractivity contribution in [3.63, 3.8) is 0 Å². The average Bonchev–Trinajstić information content (AvgIpc) is 3.32. The van der Waals surface area contributed by atoms with Gasteiger partial charge in [0.15, 0.2) is 0 Å². The molecule has 1 aliphatic rings. The molecule has 170 valence electrons. The molecule has 1 N–H and O–H groups in total. The van der Waals surface area contributed by atoms with E-state index < -0.39 is 0 Å². The first-order chi connectivity index (χ1) is 15.8. The van der Waals surface area contributed by atoms with Gasteiger partial charge in [-0.15, -0.1) is 0 Å². The minimum absolute atomic E-state index is 0.0176. The quantitative estimate of drug-likeness (QED) is 0.380. The number of para-hydroxylation sites is 1. The lowest BCUT2D eigenvalue weighted by Gasteiger charge is -2.43. The SMILES string of the molecule is CCCN1c2cc(C)c(/C=N\NC(=O)c3ccccc3-n3cccc3)cc2C(C)=CC1(C)C. The van der Waals surface area contributed by atoms with Crippen LogP contribution < -0.4 is 10.3 Å². The lowest BCUT2D eigenvalue weighted by molar-refractivity contribution is 0.0955. The molecule has 5 heteroatoms. The Morgan fingerprint density at radius 2 is 1.79 bits per heavy atom. The van der Waals surface area contributed by atoms with Crippen LogP contribution in [0.15, 0.2) is 72.1 Å². The normalized spacial score (nSPS) is 14.8. The summed E-state index contributed by atoms with van der Waals surface area (Å²) in [5.41, 5.74) is 9.96. The third kappa shape index (κ3) is 4.49. The number of anilines is 1. The molecular formula is C28H32N4O. The van der Waals surface area contributed by atoms with E-state index in [0.717, 1.165) is 29.8 Å². The number of fused-ring (bicyclic) bond motifs is 1. The van der Waals surface area contributed by atoms with Crippen LogP contribution in [0, 0.1) is 6.92 Å². The summed E-state index contributed by atoms with van der Waals surface area (Å²) >= 11 is 0. The molecule has 0 saturated heterocycles. The fourth-order valence-corrected chi connectivity index (χ4v) is 4.62. The van der Waals surface area contributed by atoms with E-state index in [4.69, 9.17) is 0 Å². The lowest BCUT2D eigenvalue weighted by atomic mass is 9.87. The van der Waals surface area contributed by atoms with E-state index >= 15 is 0 Å². The van der Waals surface area contributed by atoms with Crippen LogP contribution in [0.5, 0.6) is 0 Å². The van der Waals surface area contributed by atoms with Gasteiger partial charge in [0.05, 0.1) is 23.0 Å².